The van der Waals surface area contributed by atoms with E-state index in [4.69, 9.17) is 9.47 Å². The molecule has 32 heavy (non-hydrogen) atoms. The van der Waals surface area contributed by atoms with Crippen LogP contribution in [-0.4, -0.2) is 61.2 Å². The molecule has 5 atom stereocenters. The number of carbonyl (C=O) groups is 2. The summed E-state index contributed by atoms with van der Waals surface area (Å²) in [6.45, 7) is 4.49. The quantitative estimate of drug-likeness (QED) is 0.701. The van der Waals surface area contributed by atoms with E-state index >= 15 is 0 Å². The molecule has 1 saturated heterocycles. The standard InChI is InChI=1S/C25H37N3O4/c1-17-5-4-10-26-24(17)21(8-9-23(29)28-11-13-32-14-12-28)27-25(30)19-15-18-6-3-7-22(31-2)20(18)16-19/h4-5,10,18-22H,3,6-9,11-16H2,1-2H3,(H,27,30). The van der Waals surface area contributed by atoms with Crippen molar-refractivity contribution >= 4 is 11.8 Å². The Hall–Kier alpha value is -1.99. The van der Waals surface area contributed by atoms with Crippen LogP contribution < -0.4 is 5.32 Å². The summed E-state index contributed by atoms with van der Waals surface area (Å²) in [5, 5.41) is 3.28. The van der Waals surface area contributed by atoms with Gasteiger partial charge in [-0.3, -0.25) is 14.6 Å². The predicted molar refractivity (Wildman–Crippen MR) is 121 cm³/mol. The second-order valence-corrected chi connectivity index (χ2v) is 9.60. The Balaban J connectivity index is 1.41. The number of carbonyl (C=O) groups excluding carboxylic acids is 2. The van der Waals surface area contributed by atoms with E-state index in [2.05, 4.69) is 10.3 Å². The number of methoxy groups -OCH3 is 1. The maximum absolute atomic E-state index is 13.3. The molecule has 2 saturated carbocycles. The Labute approximate surface area is 191 Å². The fourth-order valence-corrected chi connectivity index (χ4v) is 5.91. The molecule has 1 N–H and O–H groups in total. The first kappa shape index (κ1) is 23.2. The van der Waals surface area contributed by atoms with Crippen LogP contribution in [0.5, 0.6) is 0 Å². The zero-order chi connectivity index (χ0) is 22.5. The molecule has 7 nitrogen and oxygen atoms in total. The Morgan fingerprint density at radius 2 is 2.09 bits per heavy atom. The molecule has 7 heteroatoms. The van der Waals surface area contributed by atoms with Crippen molar-refractivity contribution in [2.75, 3.05) is 33.4 Å². The molecule has 1 aromatic rings. The van der Waals surface area contributed by atoms with Crippen molar-refractivity contribution in [1.29, 1.82) is 0 Å². The number of amides is 2. The van der Waals surface area contributed by atoms with Gasteiger partial charge in [0.25, 0.3) is 0 Å². The number of hydrogen-bond donors (Lipinski definition) is 1. The predicted octanol–water partition coefficient (Wildman–Crippen LogP) is 3.03. The van der Waals surface area contributed by atoms with Crippen molar-refractivity contribution < 1.29 is 19.1 Å². The maximum atomic E-state index is 13.3. The van der Waals surface area contributed by atoms with Crippen LogP contribution in [0.3, 0.4) is 0 Å². The van der Waals surface area contributed by atoms with E-state index in [0.717, 1.165) is 30.5 Å². The average Bonchev–Trinajstić information content (AvgIpc) is 3.27. The summed E-state index contributed by atoms with van der Waals surface area (Å²) in [7, 11) is 1.80. The molecule has 2 heterocycles. The van der Waals surface area contributed by atoms with E-state index in [9.17, 15) is 9.59 Å². The Kier molecular flexibility index (Phi) is 7.79. The van der Waals surface area contributed by atoms with Gasteiger partial charge in [0.05, 0.1) is 31.1 Å². The highest BCUT2D eigenvalue weighted by atomic mass is 16.5. The molecule has 3 fully saturated rings. The average molecular weight is 444 g/mol. The number of rotatable bonds is 7. The van der Waals surface area contributed by atoms with Gasteiger partial charge in [-0.05, 0) is 62.5 Å². The molecule has 4 rings (SSSR count). The van der Waals surface area contributed by atoms with Crippen LogP contribution in [0, 0.1) is 24.7 Å². The van der Waals surface area contributed by atoms with Crippen molar-refractivity contribution in [3.8, 4) is 0 Å². The highest BCUT2D eigenvalue weighted by Gasteiger charge is 2.44. The topological polar surface area (TPSA) is 80.8 Å². The van der Waals surface area contributed by atoms with Crippen LogP contribution in [0.4, 0.5) is 0 Å². The number of morpholine rings is 1. The Morgan fingerprint density at radius 3 is 2.84 bits per heavy atom. The van der Waals surface area contributed by atoms with Crippen molar-refractivity contribution in [2.24, 2.45) is 17.8 Å². The van der Waals surface area contributed by atoms with Crippen LogP contribution in [0.25, 0.3) is 0 Å². The highest BCUT2D eigenvalue weighted by Crippen LogP contribution is 2.46. The van der Waals surface area contributed by atoms with Gasteiger partial charge in [-0.15, -0.1) is 0 Å². The van der Waals surface area contributed by atoms with Gasteiger partial charge < -0.3 is 19.7 Å². The highest BCUT2D eigenvalue weighted by molar-refractivity contribution is 5.80. The Bertz CT molecular complexity index is 795. The van der Waals surface area contributed by atoms with Crippen molar-refractivity contribution in [1.82, 2.24) is 15.2 Å². The number of aryl methyl sites for hydroxylation is 1. The van der Waals surface area contributed by atoms with Gasteiger partial charge in [0.2, 0.25) is 11.8 Å². The number of aromatic nitrogens is 1. The minimum atomic E-state index is -0.255. The molecule has 0 bridgehead atoms. The van der Waals surface area contributed by atoms with E-state index in [0.29, 0.717) is 51.0 Å². The summed E-state index contributed by atoms with van der Waals surface area (Å²) in [4.78, 5) is 32.5. The van der Waals surface area contributed by atoms with Gasteiger partial charge >= 0.3 is 0 Å². The summed E-state index contributed by atoms with van der Waals surface area (Å²) in [5.41, 5.74) is 1.90. The minimum Gasteiger partial charge on any atom is -0.381 e. The van der Waals surface area contributed by atoms with Gasteiger partial charge in [0.15, 0.2) is 0 Å². The molecular weight excluding hydrogens is 406 g/mol. The number of nitrogens with zero attached hydrogens (tertiary/aromatic N) is 2. The molecule has 5 unspecified atom stereocenters. The molecule has 1 aliphatic heterocycles. The van der Waals surface area contributed by atoms with E-state index < -0.39 is 0 Å². The lowest BCUT2D eigenvalue weighted by atomic mass is 9.79. The summed E-state index contributed by atoms with van der Waals surface area (Å²) in [5.74, 6) is 1.31. The largest absolute Gasteiger partial charge is 0.381 e. The monoisotopic (exact) mass is 443 g/mol. The zero-order valence-electron chi connectivity index (χ0n) is 19.4. The molecule has 2 aliphatic carbocycles. The van der Waals surface area contributed by atoms with E-state index in [1.165, 1.54) is 12.8 Å². The van der Waals surface area contributed by atoms with Gasteiger partial charge in [-0.25, -0.2) is 0 Å². The molecule has 0 aromatic carbocycles. The molecule has 3 aliphatic rings. The molecule has 176 valence electrons. The molecule has 0 spiro atoms. The lowest BCUT2D eigenvalue weighted by Gasteiger charge is -2.32. The second kappa shape index (κ2) is 10.8. The van der Waals surface area contributed by atoms with Crippen LogP contribution in [-0.2, 0) is 19.1 Å². The third-order valence-corrected chi connectivity index (χ3v) is 7.67. The van der Waals surface area contributed by atoms with Crippen molar-refractivity contribution in [2.45, 2.75) is 64.0 Å². The van der Waals surface area contributed by atoms with Gasteiger partial charge in [-0.2, -0.15) is 0 Å². The maximum Gasteiger partial charge on any atom is 0.223 e. The van der Waals surface area contributed by atoms with Crippen LogP contribution in [0.1, 0.15) is 62.2 Å². The molecule has 0 radical (unpaired) electrons. The number of hydrogen-bond acceptors (Lipinski definition) is 5. The third-order valence-electron chi connectivity index (χ3n) is 7.67. The number of nitrogens with one attached hydrogen (secondary N) is 1. The Morgan fingerprint density at radius 1 is 1.28 bits per heavy atom. The number of ether oxygens (including phenoxy) is 2. The molecular formula is C25H37N3O4. The summed E-state index contributed by atoms with van der Waals surface area (Å²) < 4.78 is 11.1. The van der Waals surface area contributed by atoms with Crippen molar-refractivity contribution in [3.63, 3.8) is 0 Å². The lowest BCUT2D eigenvalue weighted by molar-refractivity contribution is -0.135. The summed E-state index contributed by atoms with van der Waals surface area (Å²) in [6, 6.07) is 3.66. The van der Waals surface area contributed by atoms with E-state index in [1.54, 1.807) is 13.3 Å². The second-order valence-electron chi connectivity index (χ2n) is 9.60. The van der Waals surface area contributed by atoms with Crippen molar-refractivity contribution in [3.05, 3.63) is 29.6 Å². The zero-order valence-corrected chi connectivity index (χ0v) is 19.4. The SMILES string of the molecule is COC1CCCC2CC(C(=O)NC(CCC(=O)N3CCOCC3)c3ncccc3C)CC21. The van der Waals surface area contributed by atoms with E-state index in [1.807, 2.05) is 24.0 Å². The fraction of sp³-hybridized carbons (Fsp3) is 0.720. The smallest absolute Gasteiger partial charge is 0.223 e. The minimum absolute atomic E-state index is 0.0159. The lowest BCUT2D eigenvalue weighted by Crippen LogP contribution is -2.41. The normalized spacial score (nSPS) is 28.8. The van der Waals surface area contributed by atoms with E-state index in [-0.39, 0.29) is 29.9 Å². The first-order valence-electron chi connectivity index (χ1n) is 12.2. The first-order valence-corrected chi connectivity index (χ1v) is 12.2. The van der Waals surface area contributed by atoms with Crippen LogP contribution in [0.2, 0.25) is 0 Å². The summed E-state index contributed by atoms with van der Waals surface area (Å²) in [6.07, 6.45) is 8.32. The summed E-state index contributed by atoms with van der Waals surface area (Å²) >= 11 is 0. The van der Waals surface area contributed by atoms with Gasteiger partial charge in [0, 0.05) is 38.7 Å². The first-order chi connectivity index (χ1) is 15.6. The van der Waals surface area contributed by atoms with Crippen LogP contribution in [0.15, 0.2) is 18.3 Å². The van der Waals surface area contributed by atoms with Crippen LogP contribution >= 0.6 is 0 Å². The van der Waals surface area contributed by atoms with Gasteiger partial charge in [-0.1, -0.05) is 12.5 Å². The number of fused-ring (bicyclic) bond motifs is 1. The molecule has 2 amide bonds. The fourth-order valence-electron chi connectivity index (χ4n) is 5.91. The molecule has 1 aromatic heterocycles. The number of pyridine rings is 1. The third kappa shape index (κ3) is 5.31. The van der Waals surface area contributed by atoms with Gasteiger partial charge in [0.1, 0.15) is 0 Å².